The van der Waals surface area contributed by atoms with Crippen molar-refractivity contribution in [2.45, 2.75) is 58.2 Å². The number of hydrogen-bond acceptors (Lipinski definition) is 3. The van der Waals surface area contributed by atoms with Crippen LogP contribution in [-0.2, 0) is 9.47 Å². The first kappa shape index (κ1) is 22.6. The van der Waals surface area contributed by atoms with Gasteiger partial charge in [0, 0.05) is 29.7 Å². The fourth-order valence-electron chi connectivity index (χ4n) is 3.72. The molecule has 0 bridgehead atoms. The SMILES string of the molecule is CCCCCOc1ccc(-c2ccc(C3CCC(OCC)OC3)c(F)c2F)c(F)c1. The Morgan fingerprint density at radius 3 is 2.43 bits per heavy atom. The summed E-state index contributed by atoms with van der Waals surface area (Å²) in [7, 11) is 0. The molecule has 2 aromatic rings. The normalized spacial score (nSPS) is 19.1. The Balaban J connectivity index is 1.74. The van der Waals surface area contributed by atoms with E-state index in [1.165, 1.54) is 24.3 Å². The number of halogens is 3. The molecule has 1 fully saturated rings. The summed E-state index contributed by atoms with van der Waals surface area (Å²) in [5.74, 6) is -2.51. The Labute approximate surface area is 176 Å². The molecule has 2 atom stereocenters. The van der Waals surface area contributed by atoms with E-state index >= 15 is 0 Å². The third-order valence-electron chi connectivity index (χ3n) is 5.39. The third-order valence-corrected chi connectivity index (χ3v) is 5.39. The molecule has 2 unspecified atom stereocenters. The summed E-state index contributed by atoms with van der Waals surface area (Å²) < 4.78 is 60.8. The second kappa shape index (κ2) is 10.8. The van der Waals surface area contributed by atoms with E-state index < -0.39 is 17.5 Å². The van der Waals surface area contributed by atoms with E-state index in [-0.39, 0.29) is 35.5 Å². The Kier molecular flexibility index (Phi) is 8.16. The smallest absolute Gasteiger partial charge is 0.167 e. The molecule has 0 N–H and O–H groups in total. The number of benzene rings is 2. The topological polar surface area (TPSA) is 27.7 Å². The van der Waals surface area contributed by atoms with E-state index in [4.69, 9.17) is 14.2 Å². The van der Waals surface area contributed by atoms with Crippen molar-refractivity contribution in [3.8, 4) is 16.9 Å². The van der Waals surface area contributed by atoms with E-state index in [0.717, 1.165) is 19.3 Å². The van der Waals surface area contributed by atoms with Gasteiger partial charge in [-0.1, -0.05) is 31.9 Å². The van der Waals surface area contributed by atoms with E-state index in [9.17, 15) is 13.2 Å². The van der Waals surface area contributed by atoms with Crippen molar-refractivity contribution in [3.63, 3.8) is 0 Å². The van der Waals surface area contributed by atoms with Gasteiger partial charge < -0.3 is 14.2 Å². The van der Waals surface area contributed by atoms with Crippen molar-refractivity contribution >= 4 is 0 Å². The Morgan fingerprint density at radius 2 is 1.77 bits per heavy atom. The van der Waals surface area contributed by atoms with Crippen LogP contribution in [-0.4, -0.2) is 26.1 Å². The van der Waals surface area contributed by atoms with Gasteiger partial charge in [0.1, 0.15) is 11.6 Å². The van der Waals surface area contributed by atoms with Gasteiger partial charge in [-0.15, -0.1) is 0 Å². The second-order valence-electron chi connectivity index (χ2n) is 7.52. The quantitative estimate of drug-likeness (QED) is 0.426. The summed E-state index contributed by atoms with van der Waals surface area (Å²) in [5, 5.41) is 0. The van der Waals surface area contributed by atoms with Crippen LogP contribution in [0, 0.1) is 17.5 Å². The molecule has 164 valence electrons. The van der Waals surface area contributed by atoms with Gasteiger partial charge in [0.25, 0.3) is 0 Å². The van der Waals surface area contributed by atoms with Crippen LogP contribution in [0.5, 0.6) is 5.75 Å². The summed E-state index contributed by atoms with van der Waals surface area (Å²) in [5.41, 5.74) is 0.160. The van der Waals surface area contributed by atoms with Gasteiger partial charge in [0.05, 0.1) is 13.2 Å². The van der Waals surface area contributed by atoms with E-state index in [1.54, 1.807) is 6.07 Å². The van der Waals surface area contributed by atoms with Crippen LogP contribution in [0.15, 0.2) is 30.3 Å². The van der Waals surface area contributed by atoms with Gasteiger partial charge in [-0.3, -0.25) is 0 Å². The molecule has 30 heavy (non-hydrogen) atoms. The predicted molar refractivity (Wildman–Crippen MR) is 110 cm³/mol. The highest BCUT2D eigenvalue weighted by Crippen LogP contribution is 2.35. The molecule has 1 aliphatic rings. The standard InChI is InChI=1S/C24H29F3O3/c1-3-5-6-13-29-17-8-9-19(21(25)14-17)20-11-10-18(23(26)24(20)27)16-7-12-22(28-4-2)30-15-16/h8-11,14,16,22H,3-7,12-13,15H2,1-2H3. The minimum Gasteiger partial charge on any atom is -0.493 e. The Hall–Kier alpha value is -2.05. The second-order valence-corrected chi connectivity index (χ2v) is 7.52. The minimum atomic E-state index is -1.05. The summed E-state index contributed by atoms with van der Waals surface area (Å²) in [6.45, 7) is 5.28. The molecule has 0 aliphatic carbocycles. The largest absolute Gasteiger partial charge is 0.493 e. The van der Waals surface area contributed by atoms with Crippen LogP contribution >= 0.6 is 0 Å². The van der Waals surface area contributed by atoms with Crippen molar-refractivity contribution in [3.05, 3.63) is 53.3 Å². The van der Waals surface area contributed by atoms with Crippen molar-refractivity contribution in [2.24, 2.45) is 0 Å². The first-order valence-corrected chi connectivity index (χ1v) is 10.7. The Morgan fingerprint density at radius 1 is 0.967 bits per heavy atom. The molecule has 0 amide bonds. The molecule has 3 rings (SSSR count). The summed E-state index contributed by atoms with van der Waals surface area (Å²) in [4.78, 5) is 0. The number of rotatable bonds is 9. The molecule has 0 aromatic heterocycles. The Bertz CT molecular complexity index is 833. The molecular weight excluding hydrogens is 393 g/mol. The van der Waals surface area contributed by atoms with Crippen LogP contribution in [0.1, 0.15) is 57.4 Å². The lowest BCUT2D eigenvalue weighted by Gasteiger charge is -2.29. The van der Waals surface area contributed by atoms with Crippen molar-refractivity contribution in [1.82, 2.24) is 0 Å². The van der Waals surface area contributed by atoms with Crippen LogP contribution in [0.4, 0.5) is 13.2 Å². The zero-order chi connectivity index (χ0) is 21.5. The highest BCUT2D eigenvalue weighted by molar-refractivity contribution is 5.66. The minimum absolute atomic E-state index is 0.00941. The van der Waals surface area contributed by atoms with Crippen molar-refractivity contribution < 1.29 is 27.4 Å². The van der Waals surface area contributed by atoms with Crippen LogP contribution < -0.4 is 4.74 Å². The summed E-state index contributed by atoms with van der Waals surface area (Å²) >= 11 is 0. The fourth-order valence-corrected chi connectivity index (χ4v) is 3.72. The number of ether oxygens (including phenoxy) is 3. The van der Waals surface area contributed by atoms with E-state index in [2.05, 4.69) is 6.92 Å². The van der Waals surface area contributed by atoms with Gasteiger partial charge in [-0.25, -0.2) is 13.2 Å². The average Bonchev–Trinajstić information content (AvgIpc) is 2.75. The van der Waals surface area contributed by atoms with E-state index in [0.29, 0.717) is 31.8 Å². The van der Waals surface area contributed by atoms with Gasteiger partial charge >= 0.3 is 0 Å². The molecule has 2 aromatic carbocycles. The molecule has 0 spiro atoms. The van der Waals surface area contributed by atoms with Gasteiger partial charge in [0.15, 0.2) is 17.9 Å². The maximum atomic E-state index is 14.8. The van der Waals surface area contributed by atoms with Crippen LogP contribution in [0.3, 0.4) is 0 Å². The first-order chi connectivity index (χ1) is 14.5. The van der Waals surface area contributed by atoms with Gasteiger partial charge in [0.2, 0.25) is 0 Å². The summed E-state index contributed by atoms with van der Waals surface area (Å²) in [6.07, 6.45) is 3.95. The zero-order valence-electron chi connectivity index (χ0n) is 17.6. The molecule has 0 radical (unpaired) electrons. The lowest BCUT2D eigenvalue weighted by Crippen LogP contribution is -2.27. The summed E-state index contributed by atoms with van der Waals surface area (Å²) in [6, 6.07) is 7.19. The molecule has 3 nitrogen and oxygen atoms in total. The maximum absolute atomic E-state index is 14.8. The first-order valence-electron chi connectivity index (χ1n) is 10.7. The van der Waals surface area contributed by atoms with Gasteiger partial charge in [-0.2, -0.15) is 0 Å². The number of hydrogen-bond donors (Lipinski definition) is 0. The molecular formula is C24H29F3O3. The molecule has 1 heterocycles. The lowest BCUT2D eigenvalue weighted by atomic mass is 9.90. The molecule has 6 heteroatoms. The third kappa shape index (κ3) is 5.35. The van der Waals surface area contributed by atoms with Gasteiger partial charge in [-0.05, 0) is 43.9 Å². The fraction of sp³-hybridized carbons (Fsp3) is 0.500. The average molecular weight is 422 g/mol. The monoisotopic (exact) mass is 422 g/mol. The molecule has 0 saturated carbocycles. The predicted octanol–water partition coefficient (Wildman–Crippen LogP) is 6.60. The molecule has 1 aliphatic heterocycles. The van der Waals surface area contributed by atoms with Crippen LogP contribution in [0.2, 0.25) is 0 Å². The zero-order valence-corrected chi connectivity index (χ0v) is 17.6. The van der Waals surface area contributed by atoms with Crippen LogP contribution in [0.25, 0.3) is 11.1 Å². The number of unbranched alkanes of at least 4 members (excludes halogenated alkanes) is 2. The van der Waals surface area contributed by atoms with E-state index in [1.807, 2.05) is 6.92 Å². The van der Waals surface area contributed by atoms with Crippen molar-refractivity contribution in [2.75, 3.05) is 19.8 Å². The highest BCUT2D eigenvalue weighted by atomic mass is 19.2. The lowest BCUT2D eigenvalue weighted by molar-refractivity contribution is -0.164. The maximum Gasteiger partial charge on any atom is 0.167 e. The molecule has 1 saturated heterocycles. The van der Waals surface area contributed by atoms with Crippen molar-refractivity contribution in [1.29, 1.82) is 0 Å². The highest BCUT2D eigenvalue weighted by Gasteiger charge is 2.27.